The molecule has 0 bridgehead atoms. The van der Waals surface area contributed by atoms with Crippen molar-refractivity contribution < 1.29 is 8.78 Å². The molecule has 0 saturated heterocycles. The van der Waals surface area contributed by atoms with Crippen LogP contribution in [-0.4, -0.2) is 6.67 Å². The molecule has 0 aliphatic rings. The Balaban J connectivity index is 1.97. The van der Waals surface area contributed by atoms with Crippen LogP contribution in [0.1, 0.15) is 0 Å². The molecule has 0 aromatic heterocycles. The fraction of sp³-hybridized carbons (Fsp3) is 0.500. The van der Waals surface area contributed by atoms with E-state index in [2.05, 4.69) is 0 Å². The molecule has 0 radical (unpaired) electrons. The van der Waals surface area contributed by atoms with Crippen LogP contribution in [0.25, 0.3) is 0 Å². The molecule has 0 amide bonds. The smallest absolute Gasteiger partial charge is 0.194 e. The second kappa shape index (κ2) is 2.73. The summed E-state index contributed by atoms with van der Waals surface area (Å²) in [6.45, 7) is -1.01. The molecular weight excluding hydrogens is 62.0 g/mol. The van der Waals surface area contributed by atoms with Crippen molar-refractivity contribution in [1.82, 2.24) is 0 Å². The molecule has 0 saturated carbocycles. The highest BCUT2D eigenvalue weighted by Crippen LogP contribution is 1.72. The maximum atomic E-state index is 10.3. The molecule has 0 spiro atoms. The van der Waals surface area contributed by atoms with E-state index in [1.807, 2.05) is 0 Å². The third kappa shape index (κ3) is 1.73. The van der Waals surface area contributed by atoms with E-state index in [1.54, 1.807) is 0 Å². The average molecular weight is 65.0 g/mol. The zero-order valence-electron chi connectivity index (χ0n) is 2.04. The first-order valence-corrected chi connectivity index (χ1v) is 0.894. The summed E-state index contributed by atoms with van der Waals surface area (Å²) in [6, 6.07) is 0. The van der Waals surface area contributed by atoms with Crippen LogP contribution in [0.2, 0.25) is 0 Å². The van der Waals surface area contributed by atoms with Crippen LogP contribution in [0, 0.1) is 6.67 Å². The van der Waals surface area contributed by atoms with Crippen molar-refractivity contribution >= 4 is 0 Å². The average Bonchev–Trinajstić information content (AvgIpc) is 1.37. The van der Waals surface area contributed by atoms with Crippen LogP contribution in [0.15, 0.2) is 0 Å². The zero-order chi connectivity index (χ0) is 3.41. The molecule has 0 aromatic carbocycles. The van der Waals surface area contributed by atoms with Gasteiger partial charge in [0.1, 0.15) is 0 Å². The van der Waals surface area contributed by atoms with Gasteiger partial charge in [0.05, 0.1) is 0 Å². The Morgan fingerprint density at radius 2 is 2.00 bits per heavy atom. The Morgan fingerprint density at radius 3 is 2.00 bits per heavy atom. The van der Waals surface area contributed by atoms with E-state index < -0.39 is 6.67 Å². The third-order valence-electron chi connectivity index (χ3n) is 0.0583. The van der Waals surface area contributed by atoms with Crippen molar-refractivity contribution in [2.24, 2.45) is 0 Å². The predicted octanol–water partition coefficient (Wildman–Crippen LogP) is 1.09. The van der Waals surface area contributed by atoms with E-state index in [9.17, 15) is 8.78 Å². The van der Waals surface area contributed by atoms with Crippen molar-refractivity contribution in [1.29, 1.82) is 0 Å². The van der Waals surface area contributed by atoms with Crippen molar-refractivity contribution in [2.75, 3.05) is 6.67 Å². The van der Waals surface area contributed by atoms with E-state index in [0.717, 1.165) is 0 Å². The number of hydrogen-bond donors (Lipinski definition) is 0. The van der Waals surface area contributed by atoms with E-state index in [-0.39, 0.29) is 6.67 Å². The summed E-state index contributed by atoms with van der Waals surface area (Å²) in [5, 5.41) is 0. The van der Waals surface area contributed by atoms with Gasteiger partial charge in [-0.15, -0.1) is 0 Å². The van der Waals surface area contributed by atoms with Gasteiger partial charge in [-0.3, -0.25) is 0 Å². The Bertz CT molecular complexity index is 6.00. The summed E-state index contributed by atoms with van der Waals surface area (Å²) in [5.74, 6) is 0. The van der Waals surface area contributed by atoms with Gasteiger partial charge in [0.25, 0.3) is 6.67 Å². The quantitative estimate of drug-likeness (QED) is 0.401. The molecule has 0 aromatic rings. The molecule has 0 fully saturated rings. The minimum atomic E-state index is -0.972. The maximum Gasteiger partial charge on any atom is 0.317 e. The molecule has 0 N–H and O–H groups in total. The van der Waals surface area contributed by atoms with Gasteiger partial charge in [0.2, 0.25) is 0 Å². The number of halogens is 2. The number of alkyl halides is 1. The van der Waals surface area contributed by atoms with Gasteiger partial charge in [0.15, 0.2) is 0 Å². The second-order valence-electron chi connectivity index (χ2n) is 0.309. The predicted molar refractivity (Wildman–Crippen MR) is 11.4 cm³/mol. The Kier molecular flexibility index (Phi) is 2.55. The summed E-state index contributed by atoms with van der Waals surface area (Å²) in [7, 11) is 0. The van der Waals surface area contributed by atoms with Gasteiger partial charge in [-0.2, -0.15) is 4.39 Å². The lowest BCUT2D eigenvalue weighted by Gasteiger charge is -1.45. The molecular formula is C2H3F2+. The Hall–Kier alpha value is -0.270. The van der Waals surface area contributed by atoms with E-state index in [4.69, 9.17) is 0 Å². The Labute approximate surface area is 23.4 Å². The summed E-state index contributed by atoms with van der Waals surface area (Å²) < 4.78 is 20.5. The van der Waals surface area contributed by atoms with E-state index in [0.29, 0.717) is 0 Å². The fourth-order valence-electron chi connectivity index (χ4n) is 0. The van der Waals surface area contributed by atoms with Crippen molar-refractivity contribution in [2.45, 2.75) is 0 Å². The van der Waals surface area contributed by atoms with Gasteiger partial charge in [0, 0.05) is 0 Å². The monoisotopic (exact) mass is 65.0 g/mol. The highest BCUT2D eigenvalue weighted by Gasteiger charge is 1.82. The molecule has 0 nitrogen and oxygen atoms in total. The van der Waals surface area contributed by atoms with Gasteiger partial charge in [-0.05, 0) is 4.39 Å². The lowest BCUT2D eigenvalue weighted by atomic mass is 10.9. The molecule has 24 valence electrons. The highest BCUT2D eigenvalue weighted by atomic mass is 19.2. The first-order valence-electron chi connectivity index (χ1n) is 0.894. The van der Waals surface area contributed by atoms with Gasteiger partial charge < -0.3 is 0 Å². The van der Waals surface area contributed by atoms with Gasteiger partial charge in [-0.25, -0.2) is 0 Å². The zero-order valence-corrected chi connectivity index (χ0v) is 2.04. The van der Waals surface area contributed by atoms with Crippen LogP contribution in [-0.2, 0) is 0 Å². The van der Waals surface area contributed by atoms with E-state index >= 15 is 0 Å². The summed E-state index contributed by atoms with van der Waals surface area (Å²) in [6.07, 6.45) is 0. The largest absolute Gasteiger partial charge is 0.317 e. The molecule has 0 aliphatic heterocycles. The first kappa shape index (κ1) is 3.73. The minimum absolute atomic E-state index is 0.0417. The second-order valence-corrected chi connectivity index (χ2v) is 0.309. The normalized spacial score (nSPS) is 6.50. The first-order chi connectivity index (χ1) is 1.91. The van der Waals surface area contributed by atoms with Crippen LogP contribution >= 0.6 is 0 Å². The van der Waals surface area contributed by atoms with E-state index in [1.165, 1.54) is 0 Å². The SMILES string of the molecule is F[CH+]CF. The molecule has 2 heteroatoms. The summed E-state index contributed by atoms with van der Waals surface area (Å²) >= 11 is 0. The maximum absolute atomic E-state index is 10.3. The minimum Gasteiger partial charge on any atom is -0.194 e. The molecule has 4 heavy (non-hydrogen) atoms. The molecule has 0 unspecified atom stereocenters. The number of hydrogen-bond acceptors (Lipinski definition) is 0. The fourth-order valence-corrected chi connectivity index (χ4v) is 0. The summed E-state index contributed by atoms with van der Waals surface area (Å²) in [5.41, 5.74) is 0. The molecule has 0 aliphatic carbocycles. The third-order valence-corrected chi connectivity index (χ3v) is 0.0583. The van der Waals surface area contributed by atoms with Crippen LogP contribution in [0.5, 0.6) is 0 Å². The van der Waals surface area contributed by atoms with Crippen LogP contribution in [0.4, 0.5) is 8.78 Å². The lowest BCUT2D eigenvalue weighted by molar-refractivity contribution is 0.450. The molecule has 0 heterocycles. The summed E-state index contributed by atoms with van der Waals surface area (Å²) in [4.78, 5) is 0. The highest BCUT2D eigenvalue weighted by molar-refractivity contribution is 4.34. The van der Waals surface area contributed by atoms with Gasteiger partial charge in [-0.1, -0.05) is 0 Å². The number of rotatable bonds is 1. The van der Waals surface area contributed by atoms with Crippen molar-refractivity contribution in [3.63, 3.8) is 0 Å². The lowest BCUT2D eigenvalue weighted by Crippen LogP contribution is -1.57. The van der Waals surface area contributed by atoms with Crippen LogP contribution in [0.3, 0.4) is 0 Å². The van der Waals surface area contributed by atoms with Gasteiger partial charge >= 0.3 is 6.67 Å². The standard InChI is InChI=1S/C2H3F2/c3-1-2-4/h1H,2H2/q+1. The van der Waals surface area contributed by atoms with Crippen LogP contribution < -0.4 is 0 Å². The van der Waals surface area contributed by atoms with Crippen molar-refractivity contribution in [3.05, 3.63) is 6.67 Å². The topological polar surface area (TPSA) is 0 Å². The Morgan fingerprint density at radius 1 is 1.75 bits per heavy atom. The molecule has 0 atom stereocenters. The molecule has 0 rings (SSSR count). The van der Waals surface area contributed by atoms with Crippen molar-refractivity contribution in [3.8, 4) is 0 Å².